The Kier molecular flexibility index (Phi) is 5.75. The van der Waals surface area contributed by atoms with Gasteiger partial charge in [-0.3, -0.25) is 0 Å². The molecule has 0 unspecified atom stereocenters. The third-order valence-electron chi connectivity index (χ3n) is 4.18. The van der Waals surface area contributed by atoms with Crippen LogP contribution in [-0.2, 0) is 4.74 Å². The quantitative estimate of drug-likeness (QED) is 0.667. The molecule has 0 spiro atoms. The van der Waals surface area contributed by atoms with E-state index in [9.17, 15) is 0 Å². The molecule has 0 atom stereocenters. The third-order valence-corrected chi connectivity index (χ3v) is 4.18. The summed E-state index contributed by atoms with van der Waals surface area (Å²) in [5.41, 5.74) is 0. The topological polar surface area (TPSA) is 33.3 Å². The van der Waals surface area contributed by atoms with Gasteiger partial charge in [-0.15, -0.1) is 0 Å². The Balaban J connectivity index is 1.42. The fraction of sp³-hybridized carbons (Fsp3) is 1.00. The predicted octanol–water partition coefficient (Wildman–Crippen LogP) is 1.92. The minimum atomic E-state index is 0.543. The fourth-order valence-electron chi connectivity index (χ4n) is 2.97. The zero-order chi connectivity index (χ0) is 11.9. The molecule has 100 valence electrons. The third kappa shape index (κ3) is 4.57. The monoisotopic (exact) mass is 240 g/mol. The SMILES string of the molecule is CCOC1CC(NCCCC2CCNCC2)C1. The minimum absolute atomic E-state index is 0.543. The van der Waals surface area contributed by atoms with Gasteiger partial charge in [0.1, 0.15) is 0 Å². The van der Waals surface area contributed by atoms with Gasteiger partial charge in [0.05, 0.1) is 6.10 Å². The van der Waals surface area contributed by atoms with Crippen molar-refractivity contribution in [3.63, 3.8) is 0 Å². The molecular weight excluding hydrogens is 212 g/mol. The highest BCUT2D eigenvalue weighted by molar-refractivity contribution is 4.85. The summed E-state index contributed by atoms with van der Waals surface area (Å²) in [4.78, 5) is 0. The molecule has 1 heterocycles. The van der Waals surface area contributed by atoms with Crippen molar-refractivity contribution in [2.24, 2.45) is 5.92 Å². The molecule has 1 aliphatic carbocycles. The maximum Gasteiger partial charge on any atom is 0.0604 e. The van der Waals surface area contributed by atoms with Crippen LogP contribution in [0.3, 0.4) is 0 Å². The van der Waals surface area contributed by atoms with Crippen LogP contribution in [0.25, 0.3) is 0 Å². The number of piperidine rings is 1. The summed E-state index contributed by atoms with van der Waals surface area (Å²) in [7, 11) is 0. The van der Waals surface area contributed by atoms with Gasteiger partial charge in [0.2, 0.25) is 0 Å². The molecule has 0 aromatic rings. The molecule has 0 aromatic carbocycles. The lowest BCUT2D eigenvalue weighted by Gasteiger charge is -2.35. The first-order valence-electron chi connectivity index (χ1n) is 7.44. The smallest absolute Gasteiger partial charge is 0.0604 e. The average molecular weight is 240 g/mol. The molecule has 0 radical (unpaired) electrons. The zero-order valence-corrected chi connectivity index (χ0v) is 11.2. The number of hydrogen-bond donors (Lipinski definition) is 2. The van der Waals surface area contributed by atoms with E-state index in [1.807, 2.05) is 0 Å². The van der Waals surface area contributed by atoms with E-state index in [0.717, 1.165) is 18.6 Å². The number of rotatable bonds is 7. The van der Waals surface area contributed by atoms with Crippen molar-refractivity contribution in [2.75, 3.05) is 26.2 Å². The van der Waals surface area contributed by atoms with Crippen molar-refractivity contribution in [2.45, 2.75) is 57.6 Å². The highest BCUT2D eigenvalue weighted by atomic mass is 16.5. The molecule has 2 aliphatic rings. The van der Waals surface area contributed by atoms with E-state index in [2.05, 4.69) is 17.6 Å². The molecule has 0 amide bonds. The van der Waals surface area contributed by atoms with Gasteiger partial charge < -0.3 is 15.4 Å². The average Bonchev–Trinajstić information content (AvgIpc) is 2.32. The van der Waals surface area contributed by atoms with Crippen LogP contribution in [-0.4, -0.2) is 38.4 Å². The standard InChI is InChI=1S/C14H28N2O/c1-2-17-14-10-13(11-14)16-7-3-4-12-5-8-15-9-6-12/h12-16H,2-11H2,1H3. The van der Waals surface area contributed by atoms with Gasteiger partial charge in [-0.1, -0.05) is 0 Å². The van der Waals surface area contributed by atoms with Crippen LogP contribution < -0.4 is 10.6 Å². The van der Waals surface area contributed by atoms with E-state index < -0.39 is 0 Å². The van der Waals surface area contributed by atoms with Crippen LogP contribution in [0, 0.1) is 5.92 Å². The molecule has 1 saturated heterocycles. The summed E-state index contributed by atoms with van der Waals surface area (Å²) in [5.74, 6) is 0.982. The van der Waals surface area contributed by atoms with Crippen LogP contribution in [0.5, 0.6) is 0 Å². The van der Waals surface area contributed by atoms with Gasteiger partial charge in [0.25, 0.3) is 0 Å². The highest BCUT2D eigenvalue weighted by Crippen LogP contribution is 2.23. The summed E-state index contributed by atoms with van der Waals surface area (Å²) >= 11 is 0. The van der Waals surface area contributed by atoms with Crippen molar-refractivity contribution in [3.8, 4) is 0 Å². The number of ether oxygens (including phenoxy) is 1. The van der Waals surface area contributed by atoms with Gasteiger partial charge >= 0.3 is 0 Å². The molecule has 0 aromatic heterocycles. The molecule has 0 bridgehead atoms. The van der Waals surface area contributed by atoms with E-state index in [1.54, 1.807) is 0 Å². The zero-order valence-electron chi connectivity index (χ0n) is 11.2. The maximum atomic E-state index is 5.56. The molecule has 3 heteroatoms. The Labute approximate surface area is 106 Å². The maximum absolute atomic E-state index is 5.56. The van der Waals surface area contributed by atoms with Crippen LogP contribution in [0.4, 0.5) is 0 Å². The highest BCUT2D eigenvalue weighted by Gasteiger charge is 2.28. The van der Waals surface area contributed by atoms with Crippen LogP contribution in [0.1, 0.15) is 45.4 Å². The first kappa shape index (κ1) is 13.3. The van der Waals surface area contributed by atoms with E-state index in [0.29, 0.717) is 6.10 Å². The van der Waals surface area contributed by atoms with Crippen LogP contribution in [0.15, 0.2) is 0 Å². The van der Waals surface area contributed by atoms with E-state index in [-0.39, 0.29) is 0 Å². The van der Waals surface area contributed by atoms with Crippen molar-refractivity contribution in [1.82, 2.24) is 10.6 Å². The summed E-state index contributed by atoms with van der Waals surface area (Å²) in [5, 5.41) is 7.08. The second-order valence-corrected chi connectivity index (χ2v) is 5.54. The Morgan fingerprint density at radius 2 is 2.00 bits per heavy atom. The van der Waals surface area contributed by atoms with Gasteiger partial charge in [-0.25, -0.2) is 0 Å². The van der Waals surface area contributed by atoms with Gasteiger partial charge in [0.15, 0.2) is 0 Å². The second-order valence-electron chi connectivity index (χ2n) is 5.54. The molecule has 2 N–H and O–H groups in total. The fourth-order valence-corrected chi connectivity index (χ4v) is 2.97. The number of hydrogen-bond acceptors (Lipinski definition) is 3. The summed E-state index contributed by atoms with van der Waals surface area (Å²) in [6.07, 6.45) is 8.52. The molecule has 1 saturated carbocycles. The molecule has 17 heavy (non-hydrogen) atoms. The molecule has 3 nitrogen and oxygen atoms in total. The van der Waals surface area contributed by atoms with Gasteiger partial charge in [-0.05, 0) is 71.0 Å². The lowest BCUT2D eigenvalue weighted by molar-refractivity contribution is -0.00982. The van der Waals surface area contributed by atoms with Crippen LogP contribution in [0.2, 0.25) is 0 Å². The number of nitrogens with one attached hydrogen (secondary N) is 2. The van der Waals surface area contributed by atoms with Crippen molar-refractivity contribution in [3.05, 3.63) is 0 Å². The Morgan fingerprint density at radius 3 is 2.71 bits per heavy atom. The van der Waals surface area contributed by atoms with Crippen molar-refractivity contribution in [1.29, 1.82) is 0 Å². The van der Waals surface area contributed by atoms with Crippen molar-refractivity contribution >= 4 is 0 Å². The van der Waals surface area contributed by atoms with Gasteiger partial charge in [-0.2, -0.15) is 0 Å². The molecular formula is C14H28N2O. The first-order chi connectivity index (χ1) is 8.38. The second kappa shape index (κ2) is 7.34. The lowest BCUT2D eigenvalue weighted by Crippen LogP contribution is -2.45. The molecule has 1 aliphatic heterocycles. The van der Waals surface area contributed by atoms with E-state index in [4.69, 9.17) is 4.74 Å². The minimum Gasteiger partial charge on any atom is -0.378 e. The molecule has 2 rings (SSSR count). The van der Waals surface area contributed by atoms with Crippen molar-refractivity contribution < 1.29 is 4.74 Å². The predicted molar refractivity (Wildman–Crippen MR) is 71.3 cm³/mol. The van der Waals surface area contributed by atoms with E-state index >= 15 is 0 Å². The molecule has 2 fully saturated rings. The summed E-state index contributed by atoms with van der Waals surface area (Å²) in [6, 6.07) is 0.736. The Morgan fingerprint density at radius 1 is 1.24 bits per heavy atom. The summed E-state index contributed by atoms with van der Waals surface area (Å²) < 4.78 is 5.56. The largest absolute Gasteiger partial charge is 0.378 e. The first-order valence-corrected chi connectivity index (χ1v) is 7.44. The normalized spacial score (nSPS) is 30.2. The Hall–Kier alpha value is -0.120. The lowest BCUT2D eigenvalue weighted by atomic mass is 9.88. The Bertz CT molecular complexity index is 198. The van der Waals surface area contributed by atoms with Crippen LogP contribution >= 0.6 is 0 Å². The summed E-state index contributed by atoms with van der Waals surface area (Å²) in [6.45, 7) is 6.62. The van der Waals surface area contributed by atoms with Gasteiger partial charge in [0, 0.05) is 12.6 Å². The van der Waals surface area contributed by atoms with E-state index in [1.165, 1.54) is 58.2 Å².